The Morgan fingerprint density at radius 2 is 2.10 bits per heavy atom. The van der Waals surface area contributed by atoms with Gasteiger partial charge in [0, 0.05) is 12.6 Å². The molecule has 20 heavy (non-hydrogen) atoms. The van der Waals surface area contributed by atoms with Gasteiger partial charge in [0.1, 0.15) is 5.54 Å². The van der Waals surface area contributed by atoms with E-state index in [0.717, 1.165) is 6.54 Å². The first kappa shape index (κ1) is 17.4. The first-order valence-corrected chi connectivity index (χ1v) is 7.47. The maximum atomic E-state index is 11.4. The second kappa shape index (κ2) is 7.97. The summed E-state index contributed by atoms with van der Waals surface area (Å²) < 4.78 is 0. The fraction of sp³-hybridized carbons (Fsp3) is 0.923. The number of hydrogen-bond donors (Lipinski definition) is 4. The molecule has 1 heterocycles. The Balaban J connectivity index is 2.38. The Morgan fingerprint density at radius 3 is 2.60 bits per heavy atom. The predicted octanol–water partition coefficient (Wildman–Crippen LogP) is 0.286. The SMILES string of the molecule is C[C@@H]1CCCN1CCC(N)(CCCCB(O)O)C(=O)O. The molecule has 0 spiro atoms. The van der Waals surface area contributed by atoms with E-state index in [1.165, 1.54) is 12.8 Å². The fourth-order valence-electron chi connectivity index (χ4n) is 2.77. The molecule has 116 valence electrons. The molecule has 0 aromatic carbocycles. The van der Waals surface area contributed by atoms with Crippen molar-refractivity contribution in [2.75, 3.05) is 13.1 Å². The molecule has 0 radical (unpaired) electrons. The van der Waals surface area contributed by atoms with Gasteiger partial charge in [-0.3, -0.25) is 4.79 Å². The highest BCUT2D eigenvalue weighted by Gasteiger charge is 2.34. The molecule has 7 heteroatoms. The molecule has 0 aromatic heterocycles. The monoisotopic (exact) mass is 286 g/mol. The van der Waals surface area contributed by atoms with Crippen molar-refractivity contribution in [3.63, 3.8) is 0 Å². The molecule has 2 atom stereocenters. The Hall–Kier alpha value is -0.625. The van der Waals surface area contributed by atoms with Crippen LogP contribution in [0.3, 0.4) is 0 Å². The lowest BCUT2D eigenvalue weighted by molar-refractivity contribution is -0.144. The second-order valence-corrected chi connectivity index (χ2v) is 5.96. The van der Waals surface area contributed by atoms with Gasteiger partial charge in [0.25, 0.3) is 0 Å². The normalized spacial score (nSPS) is 22.7. The predicted molar refractivity (Wildman–Crippen MR) is 78.3 cm³/mol. The quantitative estimate of drug-likeness (QED) is 0.358. The topological polar surface area (TPSA) is 107 Å². The van der Waals surface area contributed by atoms with Crippen molar-refractivity contribution in [3.8, 4) is 0 Å². The Kier molecular flexibility index (Phi) is 6.95. The minimum Gasteiger partial charge on any atom is -0.480 e. The lowest BCUT2D eigenvalue weighted by atomic mass is 9.81. The van der Waals surface area contributed by atoms with Gasteiger partial charge < -0.3 is 25.8 Å². The Morgan fingerprint density at radius 1 is 1.40 bits per heavy atom. The summed E-state index contributed by atoms with van der Waals surface area (Å²) in [5.41, 5.74) is 4.82. The molecule has 1 unspecified atom stereocenters. The van der Waals surface area contributed by atoms with Crippen LogP contribution < -0.4 is 5.73 Å². The van der Waals surface area contributed by atoms with Gasteiger partial charge in [-0.15, -0.1) is 0 Å². The van der Waals surface area contributed by atoms with Crippen LogP contribution in [0.25, 0.3) is 0 Å². The number of hydrogen-bond acceptors (Lipinski definition) is 5. The van der Waals surface area contributed by atoms with Gasteiger partial charge >= 0.3 is 13.1 Å². The van der Waals surface area contributed by atoms with Gasteiger partial charge in [-0.05, 0) is 45.5 Å². The average Bonchev–Trinajstić information content (AvgIpc) is 2.77. The van der Waals surface area contributed by atoms with Crippen LogP contribution >= 0.6 is 0 Å². The van der Waals surface area contributed by atoms with Crippen molar-refractivity contribution in [3.05, 3.63) is 0 Å². The smallest absolute Gasteiger partial charge is 0.451 e. The standard InChI is InChI=1S/C13H27BN2O4/c1-11-5-4-9-16(11)10-7-13(15,12(17)18)6-2-3-8-14(19)20/h11,19-20H,2-10,15H2,1H3,(H,17,18)/t11-,13?/m1/s1. The van der Waals surface area contributed by atoms with Gasteiger partial charge in [0.15, 0.2) is 0 Å². The zero-order valence-corrected chi connectivity index (χ0v) is 12.3. The summed E-state index contributed by atoms with van der Waals surface area (Å²) in [4.78, 5) is 13.7. The number of likely N-dealkylation sites (tertiary alicyclic amines) is 1. The minimum atomic E-state index is -1.32. The van der Waals surface area contributed by atoms with Crippen LogP contribution in [0.4, 0.5) is 0 Å². The maximum Gasteiger partial charge on any atom is 0.451 e. The van der Waals surface area contributed by atoms with E-state index in [-0.39, 0.29) is 6.32 Å². The summed E-state index contributed by atoms with van der Waals surface area (Å²) in [6, 6.07) is 0.512. The lowest BCUT2D eigenvalue weighted by Gasteiger charge is -2.29. The molecular formula is C13H27BN2O4. The molecule has 1 rings (SSSR count). The maximum absolute atomic E-state index is 11.4. The number of rotatable bonds is 9. The van der Waals surface area contributed by atoms with E-state index in [2.05, 4.69) is 11.8 Å². The van der Waals surface area contributed by atoms with Gasteiger partial charge in [-0.2, -0.15) is 0 Å². The van der Waals surface area contributed by atoms with Crippen molar-refractivity contribution in [1.82, 2.24) is 4.90 Å². The summed E-state index contributed by atoms with van der Waals surface area (Å²) in [7, 11) is -1.32. The van der Waals surface area contributed by atoms with Crippen molar-refractivity contribution in [2.45, 2.75) is 63.3 Å². The third-order valence-corrected chi connectivity index (χ3v) is 4.30. The Bertz CT molecular complexity index is 317. The number of carbonyl (C=O) groups is 1. The van der Waals surface area contributed by atoms with E-state index in [0.29, 0.717) is 38.3 Å². The van der Waals surface area contributed by atoms with Crippen LogP contribution in [0.15, 0.2) is 0 Å². The zero-order chi connectivity index (χ0) is 15.2. The summed E-state index contributed by atoms with van der Waals surface area (Å²) in [6.07, 6.45) is 4.57. The van der Waals surface area contributed by atoms with Gasteiger partial charge in [0.05, 0.1) is 0 Å². The van der Waals surface area contributed by atoms with E-state index >= 15 is 0 Å². The van der Waals surface area contributed by atoms with Crippen LogP contribution in [0, 0.1) is 0 Å². The molecule has 1 aliphatic rings. The van der Waals surface area contributed by atoms with Crippen molar-refractivity contribution in [1.29, 1.82) is 0 Å². The number of aliphatic carboxylic acids is 1. The fourth-order valence-corrected chi connectivity index (χ4v) is 2.77. The molecule has 0 amide bonds. The number of carboxylic acids is 1. The second-order valence-electron chi connectivity index (χ2n) is 5.96. The third-order valence-electron chi connectivity index (χ3n) is 4.30. The van der Waals surface area contributed by atoms with Crippen molar-refractivity contribution < 1.29 is 19.9 Å². The molecule has 6 nitrogen and oxygen atoms in total. The van der Waals surface area contributed by atoms with Crippen LogP contribution in [0.2, 0.25) is 6.32 Å². The van der Waals surface area contributed by atoms with Gasteiger partial charge in [0.2, 0.25) is 0 Å². The minimum absolute atomic E-state index is 0.263. The third kappa shape index (κ3) is 5.40. The highest BCUT2D eigenvalue weighted by atomic mass is 16.4. The molecule has 0 aliphatic carbocycles. The van der Waals surface area contributed by atoms with E-state index in [1.54, 1.807) is 0 Å². The van der Waals surface area contributed by atoms with Crippen molar-refractivity contribution >= 4 is 13.1 Å². The molecule has 0 aromatic rings. The van der Waals surface area contributed by atoms with E-state index in [9.17, 15) is 9.90 Å². The van der Waals surface area contributed by atoms with E-state index < -0.39 is 18.6 Å². The molecule has 1 aliphatic heterocycles. The summed E-state index contributed by atoms with van der Waals surface area (Å²) in [5, 5.41) is 26.9. The number of unbranched alkanes of at least 4 members (excludes halogenated alkanes) is 1. The average molecular weight is 286 g/mol. The number of nitrogens with two attached hydrogens (primary N) is 1. The zero-order valence-electron chi connectivity index (χ0n) is 12.3. The van der Waals surface area contributed by atoms with Crippen molar-refractivity contribution in [2.24, 2.45) is 5.73 Å². The summed E-state index contributed by atoms with van der Waals surface area (Å²) >= 11 is 0. The van der Waals surface area contributed by atoms with Crippen LogP contribution in [0.5, 0.6) is 0 Å². The van der Waals surface area contributed by atoms with Gasteiger partial charge in [-0.1, -0.05) is 12.8 Å². The molecule has 1 fully saturated rings. The van der Waals surface area contributed by atoms with Crippen LogP contribution in [-0.2, 0) is 4.79 Å². The molecule has 1 saturated heterocycles. The van der Waals surface area contributed by atoms with E-state index in [1.807, 2.05) is 0 Å². The summed E-state index contributed by atoms with van der Waals surface area (Å²) in [5.74, 6) is -0.964. The number of nitrogens with zero attached hydrogens (tertiary/aromatic N) is 1. The summed E-state index contributed by atoms with van der Waals surface area (Å²) in [6.45, 7) is 3.90. The molecule has 0 saturated carbocycles. The number of carboxylic acid groups (broad SMARTS) is 1. The first-order valence-electron chi connectivity index (χ1n) is 7.47. The van der Waals surface area contributed by atoms with Crippen LogP contribution in [-0.4, -0.2) is 57.8 Å². The molecule has 5 N–H and O–H groups in total. The molecular weight excluding hydrogens is 259 g/mol. The highest BCUT2D eigenvalue weighted by Crippen LogP contribution is 2.22. The first-order chi connectivity index (χ1) is 9.35. The lowest BCUT2D eigenvalue weighted by Crippen LogP contribution is -2.50. The Labute approximate surface area is 121 Å². The highest BCUT2D eigenvalue weighted by molar-refractivity contribution is 6.40. The largest absolute Gasteiger partial charge is 0.480 e. The van der Waals surface area contributed by atoms with E-state index in [4.69, 9.17) is 15.8 Å². The van der Waals surface area contributed by atoms with Gasteiger partial charge in [-0.25, -0.2) is 0 Å². The van der Waals surface area contributed by atoms with Crippen LogP contribution in [0.1, 0.15) is 45.4 Å². The molecule has 0 bridgehead atoms.